The van der Waals surface area contributed by atoms with Crippen LogP contribution in [0.5, 0.6) is 5.75 Å². The second-order valence-corrected chi connectivity index (χ2v) is 13.6. The SMILES string of the molecule is COc1ccc(CNc2nc(-c3cccnc3)nc3sc(C)c(C)c23)cc1Cl.Cc1sc2nc(-c3cccnc3)nc(Cl)c2c1C. The van der Waals surface area contributed by atoms with E-state index in [1.165, 1.54) is 15.3 Å². The average molecular weight is 687 g/mol. The number of thiophene rings is 2. The summed E-state index contributed by atoms with van der Waals surface area (Å²) in [4.78, 5) is 31.1. The second kappa shape index (κ2) is 13.6. The highest BCUT2D eigenvalue weighted by molar-refractivity contribution is 7.19. The summed E-state index contributed by atoms with van der Waals surface area (Å²) in [5, 5.41) is 6.60. The van der Waals surface area contributed by atoms with Gasteiger partial charge in [-0.2, -0.15) is 0 Å². The molecule has 7 aromatic rings. The Labute approximate surface area is 284 Å². The molecule has 6 heterocycles. The van der Waals surface area contributed by atoms with Gasteiger partial charge in [0.05, 0.1) is 22.9 Å². The van der Waals surface area contributed by atoms with Gasteiger partial charge in [0.15, 0.2) is 11.6 Å². The number of fused-ring (bicyclic) bond motifs is 2. The van der Waals surface area contributed by atoms with E-state index in [0.29, 0.717) is 34.1 Å². The van der Waals surface area contributed by atoms with E-state index < -0.39 is 0 Å². The highest BCUT2D eigenvalue weighted by Gasteiger charge is 2.16. The molecular formula is C34H29Cl2N7OS2. The Morgan fingerprint density at radius 1 is 0.739 bits per heavy atom. The summed E-state index contributed by atoms with van der Waals surface area (Å²) in [6.45, 7) is 8.93. The first-order valence-corrected chi connectivity index (χ1v) is 16.7. The molecule has 8 nitrogen and oxygen atoms in total. The van der Waals surface area contributed by atoms with Crippen molar-refractivity contribution in [3.05, 3.63) is 104 Å². The monoisotopic (exact) mass is 685 g/mol. The first-order chi connectivity index (χ1) is 22.2. The Morgan fingerprint density at radius 3 is 1.89 bits per heavy atom. The Balaban J connectivity index is 0.000000178. The zero-order valence-corrected chi connectivity index (χ0v) is 28.9. The van der Waals surface area contributed by atoms with E-state index >= 15 is 0 Å². The number of aromatic nitrogens is 6. The van der Waals surface area contributed by atoms with Crippen molar-refractivity contribution >= 4 is 72.1 Å². The van der Waals surface area contributed by atoms with E-state index in [2.05, 4.69) is 46.0 Å². The molecule has 12 heteroatoms. The van der Waals surface area contributed by atoms with Gasteiger partial charge in [-0.15, -0.1) is 22.7 Å². The number of pyridine rings is 2. The molecule has 0 spiro atoms. The summed E-state index contributed by atoms with van der Waals surface area (Å²) in [6.07, 6.45) is 6.99. The smallest absolute Gasteiger partial charge is 0.164 e. The molecule has 0 fully saturated rings. The predicted octanol–water partition coefficient (Wildman–Crippen LogP) is 9.67. The molecule has 0 amide bonds. The molecule has 6 aromatic heterocycles. The van der Waals surface area contributed by atoms with Crippen LogP contribution in [0.25, 0.3) is 43.2 Å². The van der Waals surface area contributed by atoms with Crippen molar-refractivity contribution < 1.29 is 4.74 Å². The highest BCUT2D eigenvalue weighted by atomic mass is 35.5. The maximum Gasteiger partial charge on any atom is 0.164 e. The Hall–Kier alpha value is -4.22. The molecular weight excluding hydrogens is 657 g/mol. The van der Waals surface area contributed by atoms with Crippen LogP contribution in [0.1, 0.15) is 26.4 Å². The third-order valence-corrected chi connectivity index (χ3v) is 10.3. The molecule has 0 aliphatic rings. The minimum Gasteiger partial charge on any atom is -0.495 e. The molecule has 0 aliphatic heterocycles. The normalized spacial score (nSPS) is 11.0. The molecule has 1 N–H and O–H groups in total. The van der Waals surface area contributed by atoms with Crippen LogP contribution < -0.4 is 10.1 Å². The van der Waals surface area contributed by atoms with Gasteiger partial charge in [0, 0.05) is 52.2 Å². The fourth-order valence-electron chi connectivity index (χ4n) is 4.83. The number of benzene rings is 1. The lowest BCUT2D eigenvalue weighted by atomic mass is 10.2. The van der Waals surface area contributed by atoms with Crippen LogP contribution in [-0.2, 0) is 6.54 Å². The van der Waals surface area contributed by atoms with Crippen LogP contribution in [0.2, 0.25) is 10.2 Å². The average Bonchev–Trinajstić information content (AvgIpc) is 3.53. The van der Waals surface area contributed by atoms with Crippen LogP contribution in [0.15, 0.2) is 67.3 Å². The third-order valence-electron chi connectivity index (χ3n) is 7.53. The number of rotatable bonds is 6. The molecule has 1 aromatic carbocycles. The Bertz CT molecular complexity index is 2170. The number of aryl methyl sites for hydroxylation is 4. The quantitative estimate of drug-likeness (QED) is 0.173. The Kier molecular flexibility index (Phi) is 9.42. The lowest BCUT2D eigenvalue weighted by Crippen LogP contribution is -2.04. The molecule has 0 aliphatic carbocycles. The number of ether oxygens (including phenoxy) is 1. The van der Waals surface area contributed by atoms with Crippen LogP contribution in [0.4, 0.5) is 5.82 Å². The zero-order valence-electron chi connectivity index (χ0n) is 25.7. The number of hydrogen-bond acceptors (Lipinski definition) is 10. The molecule has 0 atom stereocenters. The van der Waals surface area contributed by atoms with Gasteiger partial charge < -0.3 is 10.1 Å². The van der Waals surface area contributed by atoms with Gasteiger partial charge in [0.2, 0.25) is 0 Å². The van der Waals surface area contributed by atoms with Gasteiger partial charge in [-0.3, -0.25) is 9.97 Å². The molecule has 7 rings (SSSR count). The molecule has 0 radical (unpaired) electrons. The fourth-order valence-corrected chi connectivity index (χ4v) is 7.54. The number of anilines is 1. The summed E-state index contributed by atoms with van der Waals surface area (Å²) < 4.78 is 5.23. The van der Waals surface area contributed by atoms with Crippen molar-refractivity contribution in [2.75, 3.05) is 12.4 Å². The number of nitrogens with zero attached hydrogens (tertiary/aromatic N) is 6. The predicted molar refractivity (Wildman–Crippen MR) is 191 cm³/mol. The Morgan fingerprint density at radius 2 is 1.33 bits per heavy atom. The first kappa shape index (κ1) is 31.7. The summed E-state index contributed by atoms with van der Waals surface area (Å²) in [7, 11) is 1.61. The standard InChI is InChI=1S/C21H19ClN4OS.C13H10ClN3S/c1-12-13(2)28-21-18(12)20(25-19(26-21)15-5-4-8-23-11-15)24-10-14-6-7-17(27-3)16(22)9-14;1-7-8(2)18-13-10(7)11(14)16-12(17-13)9-4-3-5-15-6-9/h4-9,11H,10H2,1-3H3,(H,24,25,26);3-6H,1-2H3. The number of nitrogens with one attached hydrogen (secondary N) is 1. The second-order valence-electron chi connectivity index (χ2n) is 10.5. The number of hydrogen-bond donors (Lipinski definition) is 1. The highest BCUT2D eigenvalue weighted by Crippen LogP contribution is 2.36. The number of methoxy groups -OCH3 is 1. The van der Waals surface area contributed by atoms with Crippen molar-refractivity contribution in [3.63, 3.8) is 0 Å². The first-order valence-electron chi connectivity index (χ1n) is 14.3. The summed E-state index contributed by atoms with van der Waals surface area (Å²) in [5.41, 5.74) is 5.18. The molecule has 232 valence electrons. The fraction of sp³-hybridized carbons (Fsp3) is 0.176. The van der Waals surface area contributed by atoms with Crippen LogP contribution in [-0.4, -0.2) is 37.0 Å². The maximum atomic E-state index is 6.27. The van der Waals surface area contributed by atoms with E-state index in [-0.39, 0.29) is 0 Å². The molecule has 0 saturated heterocycles. The molecule has 0 saturated carbocycles. The van der Waals surface area contributed by atoms with E-state index in [0.717, 1.165) is 48.5 Å². The van der Waals surface area contributed by atoms with Crippen molar-refractivity contribution in [2.45, 2.75) is 34.2 Å². The van der Waals surface area contributed by atoms with Crippen molar-refractivity contribution in [3.8, 4) is 28.5 Å². The number of halogens is 2. The maximum absolute atomic E-state index is 6.27. The van der Waals surface area contributed by atoms with E-state index in [4.69, 9.17) is 37.9 Å². The molecule has 46 heavy (non-hydrogen) atoms. The van der Waals surface area contributed by atoms with Gasteiger partial charge >= 0.3 is 0 Å². The van der Waals surface area contributed by atoms with Crippen LogP contribution >= 0.6 is 45.9 Å². The van der Waals surface area contributed by atoms with Crippen molar-refractivity contribution in [1.29, 1.82) is 0 Å². The van der Waals surface area contributed by atoms with Crippen molar-refractivity contribution in [2.24, 2.45) is 0 Å². The van der Waals surface area contributed by atoms with Gasteiger partial charge in [-0.05, 0) is 80.8 Å². The summed E-state index contributed by atoms with van der Waals surface area (Å²) in [6, 6.07) is 13.4. The molecule has 0 bridgehead atoms. The lowest BCUT2D eigenvalue weighted by Gasteiger charge is -2.11. The third kappa shape index (κ3) is 6.52. The molecule has 0 unspecified atom stereocenters. The van der Waals surface area contributed by atoms with Gasteiger partial charge in [0.25, 0.3) is 0 Å². The van der Waals surface area contributed by atoms with E-state index in [9.17, 15) is 0 Å². The van der Waals surface area contributed by atoms with Gasteiger partial charge in [0.1, 0.15) is 26.4 Å². The minimum absolute atomic E-state index is 0.515. The van der Waals surface area contributed by atoms with E-state index in [1.807, 2.05) is 49.4 Å². The lowest BCUT2D eigenvalue weighted by molar-refractivity contribution is 0.415. The largest absolute Gasteiger partial charge is 0.495 e. The summed E-state index contributed by atoms with van der Waals surface area (Å²) in [5.74, 6) is 2.77. The van der Waals surface area contributed by atoms with Crippen molar-refractivity contribution in [1.82, 2.24) is 29.9 Å². The van der Waals surface area contributed by atoms with Gasteiger partial charge in [-0.1, -0.05) is 29.3 Å². The zero-order chi connectivity index (χ0) is 32.4. The van der Waals surface area contributed by atoms with Crippen LogP contribution in [0, 0.1) is 27.7 Å². The van der Waals surface area contributed by atoms with Crippen LogP contribution in [0.3, 0.4) is 0 Å². The van der Waals surface area contributed by atoms with Gasteiger partial charge in [-0.25, -0.2) is 19.9 Å². The summed E-state index contributed by atoms with van der Waals surface area (Å²) >= 11 is 15.8. The van der Waals surface area contributed by atoms with E-state index in [1.54, 1.807) is 54.6 Å². The topological polar surface area (TPSA) is 98.6 Å². The minimum atomic E-state index is 0.515.